The fraction of sp³-hybridized carbons (Fsp3) is 0.692. The Kier molecular flexibility index (Phi) is 3.77. The lowest BCUT2D eigenvalue weighted by Crippen LogP contribution is -2.56. The van der Waals surface area contributed by atoms with Crippen molar-refractivity contribution < 1.29 is 5.11 Å². The fourth-order valence-corrected chi connectivity index (χ4v) is 1.69. The molecule has 0 spiro atoms. The number of aliphatic hydroxyl groups excluding tert-OH is 1. The van der Waals surface area contributed by atoms with Crippen LogP contribution in [0.25, 0.3) is 0 Å². The van der Waals surface area contributed by atoms with E-state index in [2.05, 4.69) is 27.7 Å². The van der Waals surface area contributed by atoms with Crippen molar-refractivity contribution in [3.05, 3.63) is 23.7 Å². The molecule has 0 atom stereocenters. The van der Waals surface area contributed by atoms with Crippen LogP contribution in [0.3, 0.4) is 0 Å². The standard InChI is InChI=1S/C13H25N3O/c1-12(2,3)10(14)5-6-11(15)16-7-13(4,8-16)9-17/h5-6,17H,7-9,14-15H2,1-4H3/b10-5-,11-6+. The molecule has 0 bridgehead atoms. The van der Waals surface area contributed by atoms with Crippen molar-refractivity contribution in [3.8, 4) is 0 Å². The zero-order valence-corrected chi connectivity index (χ0v) is 11.3. The molecule has 0 aliphatic carbocycles. The van der Waals surface area contributed by atoms with E-state index in [9.17, 15) is 0 Å². The Bertz CT molecular complexity index is 333. The van der Waals surface area contributed by atoms with Gasteiger partial charge in [-0.1, -0.05) is 27.7 Å². The van der Waals surface area contributed by atoms with Gasteiger partial charge in [-0.2, -0.15) is 0 Å². The predicted molar refractivity (Wildman–Crippen MR) is 70.8 cm³/mol. The van der Waals surface area contributed by atoms with Crippen LogP contribution < -0.4 is 11.5 Å². The smallest absolute Gasteiger partial charge is 0.0987 e. The summed E-state index contributed by atoms with van der Waals surface area (Å²) in [6, 6.07) is 0. The van der Waals surface area contributed by atoms with Gasteiger partial charge in [-0.05, 0) is 12.2 Å². The van der Waals surface area contributed by atoms with E-state index >= 15 is 0 Å². The van der Waals surface area contributed by atoms with E-state index in [0.29, 0.717) is 5.82 Å². The fourth-order valence-electron chi connectivity index (χ4n) is 1.69. The lowest BCUT2D eigenvalue weighted by Gasteiger charge is -2.48. The highest BCUT2D eigenvalue weighted by Gasteiger charge is 2.38. The molecule has 98 valence electrons. The van der Waals surface area contributed by atoms with Crippen molar-refractivity contribution in [1.29, 1.82) is 0 Å². The van der Waals surface area contributed by atoms with Crippen LogP contribution in [-0.4, -0.2) is 29.7 Å². The molecule has 4 nitrogen and oxygen atoms in total. The summed E-state index contributed by atoms with van der Waals surface area (Å²) in [6.07, 6.45) is 3.71. The molecule has 0 unspecified atom stereocenters. The number of likely N-dealkylation sites (tertiary alicyclic amines) is 1. The van der Waals surface area contributed by atoms with Crippen LogP contribution in [0.15, 0.2) is 23.7 Å². The van der Waals surface area contributed by atoms with Crippen LogP contribution >= 0.6 is 0 Å². The first kappa shape index (κ1) is 13.9. The van der Waals surface area contributed by atoms with Gasteiger partial charge in [-0.15, -0.1) is 0 Å². The molecule has 4 heteroatoms. The molecule has 5 N–H and O–H groups in total. The Morgan fingerprint density at radius 3 is 2.24 bits per heavy atom. The number of hydrogen-bond acceptors (Lipinski definition) is 4. The number of nitrogens with zero attached hydrogens (tertiary/aromatic N) is 1. The van der Waals surface area contributed by atoms with E-state index < -0.39 is 0 Å². The zero-order chi connectivity index (χ0) is 13.3. The lowest BCUT2D eigenvalue weighted by molar-refractivity contribution is -0.00561. The van der Waals surface area contributed by atoms with Crippen molar-refractivity contribution >= 4 is 0 Å². The molecule has 1 fully saturated rings. The summed E-state index contributed by atoms with van der Waals surface area (Å²) >= 11 is 0. The summed E-state index contributed by atoms with van der Waals surface area (Å²) in [6.45, 7) is 10.1. The third-order valence-corrected chi connectivity index (χ3v) is 3.19. The highest BCUT2D eigenvalue weighted by Crippen LogP contribution is 2.30. The van der Waals surface area contributed by atoms with Crippen molar-refractivity contribution in [1.82, 2.24) is 4.90 Å². The third-order valence-electron chi connectivity index (χ3n) is 3.19. The number of nitrogens with two attached hydrogens (primary N) is 2. The zero-order valence-electron chi connectivity index (χ0n) is 11.3. The molecular weight excluding hydrogens is 214 g/mol. The van der Waals surface area contributed by atoms with Gasteiger partial charge in [0.05, 0.1) is 12.4 Å². The van der Waals surface area contributed by atoms with Gasteiger partial charge in [0.1, 0.15) is 0 Å². The van der Waals surface area contributed by atoms with Gasteiger partial charge in [0.2, 0.25) is 0 Å². The molecule has 0 aromatic heterocycles. The molecule has 17 heavy (non-hydrogen) atoms. The van der Waals surface area contributed by atoms with E-state index in [4.69, 9.17) is 16.6 Å². The second kappa shape index (κ2) is 4.61. The van der Waals surface area contributed by atoms with Crippen LogP contribution in [0.2, 0.25) is 0 Å². The monoisotopic (exact) mass is 239 g/mol. The molecule has 1 saturated heterocycles. The summed E-state index contributed by atoms with van der Waals surface area (Å²) in [5, 5.41) is 9.15. The topological polar surface area (TPSA) is 75.5 Å². The van der Waals surface area contributed by atoms with Gasteiger partial charge in [0, 0.05) is 29.6 Å². The normalized spacial score (nSPS) is 21.4. The second-order valence-electron chi connectivity index (χ2n) is 6.29. The second-order valence-corrected chi connectivity index (χ2v) is 6.29. The summed E-state index contributed by atoms with van der Waals surface area (Å²) in [4.78, 5) is 2.04. The van der Waals surface area contributed by atoms with Crippen LogP contribution in [-0.2, 0) is 0 Å². The Hall–Kier alpha value is -1.16. The minimum absolute atomic E-state index is 0.00224. The van der Waals surface area contributed by atoms with Crippen molar-refractivity contribution in [3.63, 3.8) is 0 Å². The first-order valence-corrected chi connectivity index (χ1v) is 5.97. The molecule has 0 saturated carbocycles. The lowest BCUT2D eigenvalue weighted by atomic mass is 9.83. The van der Waals surface area contributed by atoms with E-state index in [1.165, 1.54) is 0 Å². The number of hydrogen-bond donors (Lipinski definition) is 3. The van der Waals surface area contributed by atoms with Gasteiger partial charge in [0.25, 0.3) is 0 Å². The molecule has 0 aromatic rings. The highest BCUT2D eigenvalue weighted by molar-refractivity contribution is 5.19. The van der Waals surface area contributed by atoms with Crippen molar-refractivity contribution in [2.24, 2.45) is 22.3 Å². The largest absolute Gasteiger partial charge is 0.402 e. The van der Waals surface area contributed by atoms with E-state index in [1.807, 2.05) is 17.1 Å². The van der Waals surface area contributed by atoms with Gasteiger partial charge < -0.3 is 21.5 Å². The molecule has 0 amide bonds. The van der Waals surface area contributed by atoms with Gasteiger partial charge in [-0.25, -0.2) is 0 Å². The Morgan fingerprint density at radius 2 is 1.82 bits per heavy atom. The summed E-state index contributed by atoms with van der Waals surface area (Å²) in [7, 11) is 0. The molecule has 1 rings (SSSR count). The highest BCUT2D eigenvalue weighted by atomic mass is 16.3. The van der Waals surface area contributed by atoms with Crippen molar-refractivity contribution in [2.45, 2.75) is 27.7 Å². The quantitative estimate of drug-likeness (QED) is 0.642. The number of rotatable bonds is 3. The molecule has 1 heterocycles. The maximum atomic E-state index is 9.15. The Labute approximate surface area is 104 Å². The first-order chi connectivity index (χ1) is 7.68. The molecule has 0 radical (unpaired) electrons. The molecular formula is C13H25N3O. The van der Waals surface area contributed by atoms with Crippen LogP contribution in [0, 0.1) is 10.8 Å². The van der Waals surface area contributed by atoms with Gasteiger partial charge >= 0.3 is 0 Å². The minimum Gasteiger partial charge on any atom is -0.402 e. The minimum atomic E-state index is -0.0364. The maximum Gasteiger partial charge on any atom is 0.0987 e. The van der Waals surface area contributed by atoms with E-state index in [1.54, 1.807) is 0 Å². The number of allylic oxidation sites excluding steroid dienone is 3. The Morgan fingerprint density at radius 1 is 1.29 bits per heavy atom. The van der Waals surface area contributed by atoms with Crippen molar-refractivity contribution in [2.75, 3.05) is 19.7 Å². The first-order valence-electron chi connectivity index (χ1n) is 5.97. The van der Waals surface area contributed by atoms with E-state index in [-0.39, 0.29) is 17.4 Å². The van der Waals surface area contributed by atoms with Crippen LogP contribution in [0.4, 0.5) is 0 Å². The van der Waals surface area contributed by atoms with Gasteiger partial charge in [0.15, 0.2) is 0 Å². The maximum absolute atomic E-state index is 9.15. The van der Waals surface area contributed by atoms with Gasteiger partial charge in [-0.3, -0.25) is 0 Å². The third kappa shape index (κ3) is 3.40. The average Bonchev–Trinajstić information content (AvgIpc) is 2.19. The molecule has 0 aromatic carbocycles. The Balaban J connectivity index is 2.59. The van der Waals surface area contributed by atoms with Crippen LogP contribution in [0.1, 0.15) is 27.7 Å². The SMILES string of the molecule is CC1(CO)CN(/C(N)=C/C=C(\N)C(C)(C)C)C1. The molecule has 1 aliphatic rings. The van der Waals surface area contributed by atoms with E-state index in [0.717, 1.165) is 18.8 Å². The van der Waals surface area contributed by atoms with Crippen LogP contribution in [0.5, 0.6) is 0 Å². The molecule has 1 aliphatic heterocycles. The predicted octanol–water partition coefficient (Wildman–Crippen LogP) is 0.989. The summed E-state index contributed by atoms with van der Waals surface area (Å²) in [5.74, 6) is 0.711. The summed E-state index contributed by atoms with van der Waals surface area (Å²) in [5.41, 5.74) is 12.7. The number of aliphatic hydroxyl groups is 1. The average molecular weight is 239 g/mol. The summed E-state index contributed by atoms with van der Waals surface area (Å²) < 4.78 is 0.